The zero-order chi connectivity index (χ0) is 13.2. The number of carboxylic acids is 1. The van der Waals surface area contributed by atoms with E-state index in [1.807, 2.05) is 0 Å². The van der Waals surface area contributed by atoms with Crippen molar-refractivity contribution in [3.05, 3.63) is 0 Å². The maximum absolute atomic E-state index is 10.4. The molecule has 0 amide bonds. The second kappa shape index (κ2) is 5.74. The van der Waals surface area contributed by atoms with E-state index in [0.717, 1.165) is 0 Å². The molecule has 6 atom stereocenters. The highest BCUT2D eigenvalue weighted by Gasteiger charge is 2.42. The SMILES string of the molecule is CC(CC(=O)O)O[C@@H]1OC(C)[C@H](O)C(O)C1O. The Hall–Kier alpha value is -0.730. The van der Waals surface area contributed by atoms with Crippen LogP contribution in [0.25, 0.3) is 0 Å². The van der Waals surface area contributed by atoms with Gasteiger partial charge in [0.05, 0.1) is 18.6 Å². The highest BCUT2D eigenvalue weighted by molar-refractivity contribution is 5.67. The molecule has 0 radical (unpaired) electrons. The van der Waals surface area contributed by atoms with Crippen molar-refractivity contribution in [2.75, 3.05) is 0 Å². The summed E-state index contributed by atoms with van der Waals surface area (Å²) >= 11 is 0. The van der Waals surface area contributed by atoms with E-state index in [4.69, 9.17) is 14.6 Å². The molecule has 0 aromatic carbocycles. The molecule has 1 saturated heterocycles. The number of aliphatic hydroxyl groups is 3. The monoisotopic (exact) mass is 250 g/mol. The molecule has 1 aliphatic heterocycles. The van der Waals surface area contributed by atoms with Gasteiger partial charge in [-0.2, -0.15) is 0 Å². The van der Waals surface area contributed by atoms with Gasteiger partial charge in [0.2, 0.25) is 0 Å². The number of hydrogen-bond donors (Lipinski definition) is 4. The lowest BCUT2D eigenvalue weighted by Crippen LogP contribution is -2.57. The third-order valence-electron chi connectivity index (χ3n) is 2.64. The first kappa shape index (κ1) is 14.3. The first-order chi connectivity index (χ1) is 7.82. The van der Waals surface area contributed by atoms with Crippen LogP contribution in [0.4, 0.5) is 0 Å². The van der Waals surface area contributed by atoms with Crippen molar-refractivity contribution in [1.29, 1.82) is 0 Å². The van der Waals surface area contributed by atoms with E-state index < -0.39 is 42.8 Å². The molecule has 0 saturated carbocycles. The van der Waals surface area contributed by atoms with Crippen molar-refractivity contribution in [1.82, 2.24) is 0 Å². The molecule has 1 aliphatic rings. The molecular formula is C10H18O7. The molecule has 0 spiro atoms. The number of hydrogen-bond acceptors (Lipinski definition) is 6. The number of aliphatic carboxylic acids is 1. The first-order valence-electron chi connectivity index (χ1n) is 5.39. The third-order valence-corrected chi connectivity index (χ3v) is 2.64. The van der Waals surface area contributed by atoms with Gasteiger partial charge in [-0.15, -0.1) is 0 Å². The van der Waals surface area contributed by atoms with E-state index >= 15 is 0 Å². The van der Waals surface area contributed by atoms with Gasteiger partial charge in [-0.05, 0) is 13.8 Å². The molecule has 1 rings (SSSR count). The van der Waals surface area contributed by atoms with Crippen LogP contribution in [0.15, 0.2) is 0 Å². The van der Waals surface area contributed by atoms with Crippen LogP contribution >= 0.6 is 0 Å². The highest BCUT2D eigenvalue weighted by Crippen LogP contribution is 2.23. The number of aliphatic hydroxyl groups excluding tert-OH is 3. The molecule has 0 bridgehead atoms. The lowest BCUT2D eigenvalue weighted by atomic mass is 10.00. The molecule has 0 aromatic rings. The van der Waals surface area contributed by atoms with Crippen molar-refractivity contribution in [2.45, 2.75) is 57.1 Å². The van der Waals surface area contributed by atoms with Crippen LogP contribution in [0, 0.1) is 0 Å². The normalized spacial score (nSPS) is 39.9. The Kier molecular flexibility index (Phi) is 4.84. The zero-order valence-corrected chi connectivity index (χ0v) is 9.68. The van der Waals surface area contributed by atoms with Crippen molar-refractivity contribution in [2.24, 2.45) is 0 Å². The van der Waals surface area contributed by atoms with Crippen LogP contribution in [-0.2, 0) is 14.3 Å². The predicted molar refractivity (Wildman–Crippen MR) is 55.2 cm³/mol. The summed E-state index contributed by atoms with van der Waals surface area (Å²) in [5.74, 6) is -1.03. The Bertz CT molecular complexity index is 269. The van der Waals surface area contributed by atoms with Crippen molar-refractivity contribution in [3.8, 4) is 0 Å². The second-order valence-corrected chi connectivity index (χ2v) is 4.23. The largest absolute Gasteiger partial charge is 0.481 e. The van der Waals surface area contributed by atoms with Crippen LogP contribution in [0.5, 0.6) is 0 Å². The van der Waals surface area contributed by atoms with E-state index in [1.165, 1.54) is 13.8 Å². The van der Waals surface area contributed by atoms with Gasteiger partial charge in [-0.3, -0.25) is 4.79 Å². The summed E-state index contributed by atoms with van der Waals surface area (Å²) in [4.78, 5) is 10.4. The minimum Gasteiger partial charge on any atom is -0.481 e. The smallest absolute Gasteiger partial charge is 0.305 e. The van der Waals surface area contributed by atoms with E-state index in [0.29, 0.717) is 0 Å². The minimum absolute atomic E-state index is 0.236. The number of ether oxygens (including phenoxy) is 2. The molecule has 7 nitrogen and oxygen atoms in total. The van der Waals surface area contributed by atoms with Gasteiger partial charge in [0, 0.05) is 0 Å². The summed E-state index contributed by atoms with van der Waals surface area (Å²) in [6.45, 7) is 3.05. The summed E-state index contributed by atoms with van der Waals surface area (Å²) in [6, 6.07) is 0. The fourth-order valence-electron chi connectivity index (χ4n) is 1.65. The fourth-order valence-corrected chi connectivity index (χ4v) is 1.65. The van der Waals surface area contributed by atoms with Crippen LogP contribution in [-0.4, -0.2) is 63.2 Å². The number of rotatable bonds is 4. The topological polar surface area (TPSA) is 116 Å². The van der Waals surface area contributed by atoms with Crippen molar-refractivity contribution < 1.29 is 34.7 Å². The maximum Gasteiger partial charge on any atom is 0.305 e. The molecule has 0 aromatic heterocycles. The summed E-state index contributed by atoms with van der Waals surface area (Å²) < 4.78 is 10.3. The molecule has 1 heterocycles. The predicted octanol–water partition coefficient (Wildman–Crippen LogP) is -1.31. The van der Waals surface area contributed by atoms with Crippen molar-refractivity contribution >= 4 is 5.97 Å². The van der Waals surface area contributed by atoms with E-state index in [2.05, 4.69) is 0 Å². The summed E-state index contributed by atoms with van der Waals surface area (Å²) in [5.41, 5.74) is 0. The summed E-state index contributed by atoms with van der Waals surface area (Å²) in [6.07, 6.45) is -6.72. The quantitative estimate of drug-likeness (QED) is 0.489. The Balaban J connectivity index is 2.56. The van der Waals surface area contributed by atoms with Gasteiger partial charge in [0.25, 0.3) is 0 Å². The zero-order valence-electron chi connectivity index (χ0n) is 9.68. The second-order valence-electron chi connectivity index (χ2n) is 4.23. The summed E-state index contributed by atoms with van der Waals surface area (Å²) in [5, 5.41) is 37.1. The summed E-state index contributed by atoms with van der Waals surface area (Å²) in [7, 11) is 0. The van der Waals surface area contributed by atoms with Crippen LogP contribution in [0.2, 0.25) is 0 Å². The maximum atomic E-state index is 10.4. The fraction of sp³-hybridized carbons (Fsp3) is 0.900. The van der Waals surface area contributed by atoms with Crippen LogP contribution in [0.1, 0.15) is 20.3 Å². The molecule has 4 N–H and O–H groups in total. The van der Waals surface area contributed by atoms with Gasteiger partial charge in [0.1, 0.15) is 18.3 Å². The molecule has 0 aliphatic carbocycles. The first-order valence-corrected chi connectivity index (χ1v) is 5.39. The van der Waals surface area contributed by atoms with Gasteiger partial charge in [-0.1, -0.05) is 0 Å². The average Bonchev–Trinajstić information content (AvgIpc) is 2.21. The molecule has 4 unspecified atom stereocenters. The van der Waals surface area contributed by atoms with Crippen molar-refractivity contribution in [3.63, 3.8) is 0 Å². The molecule has 17 heavy (non-hydrogen) atoms. The Morgan fingerprint density at radius 2 is 1.88 bits per heavy atom. The molecule has 1 fully saturated rings. The van der Waals surface area contributed by atoms with E-state index in [9.17, 15) is 20.1 Å². The number of carboxylic acid groups (broad SMARTS) is 1. The van der Waals surface area contributed by atoms with Crippen LogP contribution < -0.4 is 0 Å². The van der Waals surface area contributed by atoms with Gasteiger partial charge >= 0.3 is 5.97 Å². The molecular weight excluding hydrogens is 232 g/mol. The van der Waals surface area contributed by atoms with Crippen LogP contribution in [0.3, 0.4) is 0 Å². The lowest BCUT2D eigenvalue weighted by Gasteiger charge is -2.39. The highest BCUT2D eigenvalue weighted by atomic mass is 16.7. The Labute approximate surface area is 98.6 Å². The lowest BCUT2D eigenvalue weighted by molar-refractivity contribution is -0.302. The molecule has 100 valence electrons. The van der Waals surface area contributed by atoms with Gasteiger partial charge in [0.15, 0.2) is 6.29 Å². The average molecular weight is 250 g/mol. The number of carbonyl (C=O) groups is 1. The molecule has 7 heteroatoms. The van der Waals surface area contributed by atoms with E-state index in [1.54, 1.807) is 0 Å². The van der Waals surface area contributed by atoms with Gasteiger partial charge < -0.3 is 29.9 Å². The van der Waals surface area contributed by atoms with Gasteiger partial charge in [-0.25, -0.2) is 0 Å². The Morgan fingerprint density at radius 1 is 1.29 bits per heavy atom. The third kappa shape index (κ3) is 3.62. The Morgan fingerprint density at radius 3 is 2.41 bits per heavy atom. The minimum atomic E-state index is -1.41. The van der Waals surface area contributed by atoms with E-state index in [-0.39, 0.29) is 6.42 Å². The standard InChI is InChI=1S/C10H18O7/c1-4(3-6(11)12)16-10-9(15)8(14)7(13)5(2)17-10/h4-5,7-10,13-15H,3H2,1-2H3,(H,11,12)/t4?,5?,7-,8?,9?,10+/m0/s1.